The third kappa shape index (κ3) is 2.14. The summed E-state index contributed by atoms with van der Waals surface area (Å²) in [5.41, 5.74) is 6.90. The van der Waals surface area contributed by atoms with Crippen molar-refractivity contribution < 1.29 is 4.42 Å². The number of benzene rings is 2. The van der Waals surface area contributed by atoms with Crippen LogP contribution in [0.5, 0.6) is 0 Å². The summed E-state index contributed by atoms with van der Waals surface area (Å²) >= 11 is 1.78. The van der Waals surface area contributed by atoms with E-state index < -0.39 is 0 Å². The summed E-state index contributed by atoms with van der Waals surface area (Å²) in [6, 6.07) is 24.0. The molecule has 0 N–H and O–H groups in total. The van der Waals surface area contributed by atoms with Crippen molar-refractivity contribution in [2.24, 2.45) is 0 Å². The molecule has 0 amide bonds. The Kier molecular flexibility index (Phi) is 3.07. The zero-order valence-electron chi connectivity index (χ0n) is 14.2. The van der Waals surface area contributed by atoms with Crippen LogP contribution in [-0.4, -0.2) is 0 Å². The minimum atomic E-state index is 0.0447. The van der Waals surface area contributed by atoms with Gasteiger partial charge < -0.3 is 4.42 Å². The Morgan fingerprint density at radius 1 is 0.760 bits per heavy atom. The third-order valence-corrected chi connectivity index (χ3v) is 6.39. The van der Waals surface area contributed by atoms with Crippen LogP contribution in [0.4, 0.5) is 0 Å². The summed E-state index contributed by atoms with van der Waals surface area (Å²) in [5, 5.41) is 0. The average molecular weight is 342 g/mol. The van der Waals surface area contributed by atoms with Gasteiger partial charge in [-0.15, -0.1) is 11.3 Å². The molecule has 1 aliphatic rings. The zero-order chi connectivity index (χ0) is 17.0. The highest BCUT2D eigenvalue weighted by atomic mass is 32.1. The van der Waals surface area contributed by atoms with Gasteiger partial charge in [-0.2, -0.15) is 0 Å². The van der Waals surface area contributed by atoms with Gasteiger partial charge in [0.2, 0.25) is 0 Å². The van der Waals surface area contributed by atoms with E-state index in [0.717, 1.165) is 5.76 Å². The lowest BCUT2D eigenvalue weighted by Gasteiger charge is -2.21. The van der Waals surface area contributed by atoms with Gasteiger partial charge in [-0.1, -0.05) is 50.2 Å². The fourth-order valence-electron chi connectivity index (χ4n) is 3.90. The molecule has 2 aromatic heterocycles. The average Bonchev–Trinajstić information content (AvgIpc) is 3.35. The maximum atomic E-state index is 5.53. The van der Waals surface area contributed by atoms with Crippen LogP contribution in [0.3, 0.4) is 0 Å². The lowest BCUT2D eigenvalue weighted by Crippen LogP contribution is -2.14. The minimum absolute atomic E-state index is 0.0447. The van der Waals surface area contributed by atoms with E-state index in [1.54, 1.807) is 17.6 Å². The molecule has 4 aromatic rings. The number of thiophene rings is 1. The topological polar surface area (TPSA) is 13.1 Å². The molecule has 0 unspecified atom stereocenters. The fraction of sp³-hybridized carbons (Fsp3) is 0.130. The Morgan fingerprint density at radius 3 is 2.40 bits per heavy atom. The quantitative estimate of drug-likeness (QED) is 0.383. The van der Waals surface area contributed by atoms with Gasteiger partial charge in [0, 0.05) is 10.3 Å². The van der Waals surface area contributed by atoms with Gasteiger partial charge in [-0.05, 0) is 58.1 Å². The molecule has 25 heavy (non-hydrogen) atoms. The number of furan rings is 1. The lowest BCUT2D eigenvalue weighted by atomic mass is 9.82. The number of rotatable bonds is 2. The van der Waals surface area contributed by atoms with Gasteiger partial charge >= 0.3 is 0 Å². The molecule has 0 fully saturated rings. The summed E-state index contributed by atoms with van der Waals surface area (Å²) < 4.78 is 5.53. The molecule has 0 radical (unpaired) electrons. The molecular weight excluding hydrogens is 324 g/mol. The Bertz CT molecular complexity index is 1070. The number of hydrogen-bond acceptors (Lipinski definition) is 2. The van der Waals surface area contributed by atoms with Gasteiger partial charge in [0.05, 0.1) is 11.1 Å². The Balaban J connectivity index is 1.62. The van der Waals surface area contributed by atoms with E-state index in [1.165, 1.54) is 37.6 Å². The molecule has 2 heterocycles. The minimum Gasteiger partial charge on any atom is -0.464 e. The van der Waals surface area contributed by atoms with Crippen molar-refractivity contribution >= 4 is 11.3 Å². The highest BCUT2D eigenvalue weighted by Crippen LogP contribution is 2.49. The van der Waals surface area contributed by atoms with E-state index in [-0.39, 0.29) is 5.41 Å². The van der Waals surface area contributed by atoms with Crippen LogP contribution in [0, 0.1) is 0 Å². The summed E-state index contributed by atoms with van der Waals surface area (Å²) in [7, 11) is 0. The smallest absolute Gasteiger partial charge is 0.143 e. The van der Waals surface area contributed by atoms with Crippen molar-refractivity contribution in [1.29, 1.82) is 0 Å². The van der Waals surface area contributed by atoms with Crippen LogP contribution in [0.2, 0.25) is 0 Å². The molecule has 0 saturated heterocycles. The Hall–Kier alpha value is -2.58. The third-order valence-electron chi connectivity index (χ3n) is 5.24. The molecule has 0 atom stereocenters. The largest absolute Gasteiger partial charge is 0.464 e. The molecular formula is C23H18OS. The van der Waals surface area contributed by atoms with Crippen LogP contribution in [0.1, 0.15) is 25.0 Å². The van der Waals surface area contributed by atoms with E-state index in [0.29, 0.717) is 0 Å². The van der Waals surface area contributed by atoms with Gasteiger partial charge in [0.1, 0.15) is 5.76 Å². The number of fused-ring (bicyclic) bond motifs is 3. The fourth-order valence-corrected chi connectivity index (χ4v) is 4.87. The Morgan fingerprint density at radius 2 is 1.56 bits per heavy atom. The first-order valence-electron chi connectivity index (χ1n) is 8.53. The maximum absolute atomic E-state index is 5.53. The van der Waals surface area contributed by atoms with Crippen molar-refractivity contribution in [1.82, 2.24) is 0 Å². The first kappa shape index (κ1) is 14.7. The predicted molar refractivity (Wildman–Crippen MR) is 105 cm³/mol. The molecule has 1 aliphatic carbocycles. The summed E-state index contributed by atoms with van der Waals surface area (Å²) in [4.78, 5) is 2.45. The van der Waals surface area contributed by atoms with Crippen molar-refractivity contribution in [3.8, 4) is 32.2 Å². The van der Waals surface area contributed by atoms with E-state index in [4.69, 9.17) is 4.42 Å². The van der Waals surface area contributed by atoms with E-state index in [9.17, 15) is 0 Å². The Labute approximate surface area is 151 Å². The molecule has 2 aromatic carbocycles. The highest BCUT2D eigenvalue weighted by Gasteiger charge is 2.35. The molecule has 122 valence electrons. The van der Waals surface area contributed by atoms with Gasteiger partial charge in [0.25, 0.3) is 0 Å². The van der Waals surface area contributed by atoms with Crippen molar-refractivity contribution in [2.75, 3.05) is 0 Å². The van der Waals surface area contributed by atoms with Crippen LogP contribution in [0.25, 0.3) is 32.2 Å². The molecule has 5 rings (SSSR count). The monoisotopic (exact) mass is 342 g/mol. The first-order chi connectivity index (χ1) is 12.1. The molecule has 0 saturated carbocycles. The zero-order valence-corrected chi connectivity index (χ0v) is 15.1. The lowest BCUT2D eigenvalue weighted by molar-refractivity contribution is 0.584. The standard InChI is InChI=1S/C23H18OS/c1-23(2)18-7-4-3-6-16(18)17-10-9-15(14-19(17)23)21-11-12-22(25-21)20-8-5-13-24-20/h3-14H,1-2H3. The molecule has 1 nitrogen and oxygen atoms in total. The van der Waals surface area contributed by atoms with E-state index >= 15 is 0 Å². The summed E-state index contributed by atoms with van der Waals surface area (Å²) in [6.45, 7) is 4.65. The van der Waals surface area contributed by atoms with Crippen LogP contribution in [0.15, 0.2) is 77.4 Å². The second-order valence-electron chi connectivity index (χ2n) is 7.07. The summed E-state index contributed by atoms with van der Waals surface area (Å²) in [5.74, 6) is 0.935. The van der Waals surface area contributed by atoms with Crippen LogP contribution >= 0.6 is 11.3 Å². The van der Waals surface area contributed by atoms with Gasteiger partial charge in [0.15, 0.2) is 0 Å². The number of hydrogen-bond donors (Lipinski definition) is 0. The van der Waals surface area contributed by atoms with Gasteiger partial charge in [-0.25, -0.2) is 0 Å². The molecule has 0 aliphatic heterocycles. The molecule has 2 heteroatoms. The molecule has 0 bridgehead atoms. The SMILES string of the molecule is CC1(C)c2ccccc2-c2ccc(-c3ccc(-c4ccco4)s3)cc21. The highest BCUT2D eigenvalue weighted by molar-refractivity contribution is 7.18. The predicted octanol–water partition coefficient (Wildman–Crippen LogP) is 6.98. The van der Waals surface area contributed by atoms with Crippen LogP contribution in [-0.2, 0) is 5.41 Å². The summed E-state index contributed by atoms with van der Waals surface area (Å²) in [6.07, 6.45) is 1.73. The van der Waals surface area contributed by atoms with Crippen molar-refractivity contribution in [3.05, 3.63) is 84.1 Å². The van der Waals surface area contributed by atoms with Crippen molar-refractivity contribution in [3.63, 3.8) is 0 Å². The van der Waals surface area contributed by atoms with Crippen LogP contribution < -0.4 is 0 Å². The second kappa shape index (κ2) is 5.21. The maximum Gasteiger partial charge on any atom is 0.143 e. The van der Waals surface area contributed by atoms with Gasteiger partial charge in [-0.3, -0.25) is 0 Å². The van der Waals surface area contributed by atoms with E-state index in [1.807, 2.05) is 12.1 Å². The van der Waals surface area contributed by atoms with E-state index in [2.05, 4.69) is 68.4 Å². The van der Waals surface area contributed by atoms with Crippen molar-refractivity contribution in [2.45, 2.75) is 19.3 Å². The second-order valence-corrected chi connectivity index (χ2v) is 8.16. The first-order valence-corrected chi connectivity index (χ1v) is 9.35. The molecule has 0 spiro atoms. The normalized spacial score (nSPS) is 14.3.